The highest BCUT2D eigenvalue weighted by atomic mass is 16.3. The fourth-order valence-electron chi connectivity index (χ4n) is 8.43. The Morgan fingerprint density at radius 2 is 0.571 bits per heavy atom. The number of carbonyl (C=O) groups excluding carboxylic acids is 1. The van der Waals surface area contributed by atoms with Crippen LogP contribution in [-0.2, 0) is 4.79 Å². The molecule has 5 nitrogen and oxygen atoms in total. The molecule has 336 valence electrons. The first kappa shape index (κ1) is 55.4. The van der Waals surface area contributed by atoms with Gasteiger partial charge in [0, 0.05) is 0 Å². The molecule has 0 heterocycles. The average Bonchev–Trinajstić information content (AvgIpc) is 3.20. The molecule has 5 heteroatoms. The Bertz CT molecular complexity index is 747. The number of hydrogen-bond donors (Lipinski definition) is 4. The average molecular weight is 794 g/mol. The van der Waals surface area contributed by atoms with E-state index in [2.05, 4.69) is 19.2 Å². The summed E-state index contributed by atoms with van der Waals surface area (Å²) in [7, 11) is 0. The minimum absolute atomic E-state index is 0.307. The zero-order valence-corrected chi connectivity index (χ0v) is 38.3. The van der Waals surface area contributed by atoms with Crippen molar-refractivity contribution in [1.82, 2.24) is 5.32 Å². The van der Waals surface area contributed by atoms with Crippen molar-refractivity contribution < 1.29 is 20.1 Å². The minimum Gasteiger partial charge on any atom is -0.394 e. The van der Waals surface area contributed by atoms with Crippen LogP contribution in [0.2, 0.25) is 0 Å². The van der Waals surface area contributed by atoms with Gasteiger partial charge in [0.15, 0.2) is 0 Å². The zero-order valence-electron chi connectivity index (χ0n) is 38.3. The molecule has 1 amide bonds. The quantitative estimate of drug-likeness (QED) is 0.0462. The second-order valence-corrected chi connectivity index (χ2v) is 18.1. The summed E-state index contributed by atoms with van der Waals surface area (Å²) in [5, 5.41) is 33.5. The summed E-state index contributed by atoms with van der Waals surface area (Å²) >= 11 is 0. The van der Waals surface area contributed by atoms with Gasteiger partial charge in [0.2, 0.25) is 5.91 Å². The van der Waals surface area contributed by atoms with E-state index >= 15 is 0 Å². The van der Waals surface area contributed by atoms with E-state index in [1.54, 1.807) is 0 Å². The Hall–Kier alpha value is -0.650. The third-order valence-corrected chi connectivity index (χ3v) is 12.5. The van der Waals surface area contributed by atoms with E-state index in [1.807, 2.05) is 0 Å². The SMILES string of the molecule is CCCCCCCCCCCCCCCCCCCCCCCCCCC(O)C(CO)NC(=O)C(O)CCCCCCCCCCCCCCCCCCCC. The van der Waals surface area contributed by atoms with Gasteiger partial charge in [-0.15, -0.1) is 0 Å². The second-order valence-electron chi connectivity index (χ2n) is 18.1. The van der Waals surface area contributed by atoms with E-state index in [-0.39, 0.29) is 6.61 Å². The Morgan fingerprint density at radius 3 is 0.804 bits per heavy atom. The topological polar surface area (TPSA) is 89.8 Å². The van der Waals surface area contributed by atoms with Gasteiger partial charge in [-0.05, 0) is 12.8 Å². The fraction of sp³-hybridized carbons (Fsp3) is 0.980. The summed E-state index contributed by atoms with van der Waals surface area (Å²) < 4.78 is 0. The van der Waals surface area contributed by atoms with Crippen LogP contribution in [0.25, 0.3) is 0 Å². The third kappa shape index (κ3) is 41.5. The van der Waals surface area contributed by atoms with Crippen LogP contribution in [-0.4, -0.2) is 46.1 Å². The zero-order chi connectivity index (χ0) is 40.8. The van der Waals surface area contributed by atoms with Crippen LogP contribution in [0.15, 0.2) is 0 Å². The number of aliphatic hydroxyl groups excluding tert-OH is 3. The summed E-state index contributed by atoms with van der Waals surface area (Å²) in [6.07, 6.45) is 55.6. The Balaban J connectivity index is 3.52. The van der Waals surface area contributed by atoms with Crippen molar-refractivity contribution in [2.24, 2.45) is 0 Å². The van der Waals surface area contributed by atoms with Crippen molar-refractivity contribution in [1.29, 1.82) is 0 Å². The molecule has 0 aliphatic carbocycles. The van der Waals surface area contributed by atoms with E-state index in [9.17, 15) is 20.1 Å². The summed E-state index contributed by atoms with van der Waals surface area (Å²) in [5.41, 5.74) is 0. The van der Waals surface area contributed by atoms with Crippen molar-refractivity contribution in [3.8, 4) is 0 Å². The number of hydrogen-bond acceptors (Lipinski definition) is 4. The van der Waals surface area contributed by atoms with Crippen molar-refractivity contribution >= 4 is 5.91 Å². The molecule has 0 aliphatic heterocycles. The van der Waals surface area contributed by atoms with Crippen LogP contribution in [0.5, 0.6) is 0 Å². The molecule has 0 bridgehead atoms. The van der Waals surface area contributed by atoms with E-state index in [1.165, 1.54) is 238 Å². The van der Waals surface area contributed by atoms with Gasteiger partial charge in [-0.1, -0.05) is 284 Å². The van der Waals surface area contributed by atoms with Crippen LogP contribution >= 0.6 is 0 Å². The van der Waals surface area contributed by atoms with Crippen molar-refractivity contribution in [3.63, 3.8) is 0 Å². The van der Waals surface area contributed by atoms with Gasteiger partial charge in [0.05, 0.1) is 18.8 Å². The van der Waals surface area contributed by atoms with Crippen molar-refractivity contribution in [2.75, 3.05) is 6.61 Å². The van der Waals surface area contributed by atoms with E-state index in [0.717, 1.165) is 32.1 Å². The molecule has 0 fully saturated rings. The number of unbranched alkanes of at least 4 members (excludes halogenated alkanes) is 40. The molecule has 0 rings (SSSR count). The first-order valence-electron chi connectivity index (χ1n) is 25.8. The Morgan fingerprint density at radius 1 is 0.357 bits per heavy atom. The molecule has 3 atom stereocenters. The Labute approximate surface area is 351 Å². The van der Waals surface area contributed by atoms with Crippen LogP contribution in [0, 0.1) is 0 Å². The largest absolute Gasteiger partial charge is 0.394 e. The monoisotopic (exact) mass is 794 g/mol. The number of aliphatic hydroxyl groups is 3. The van der Waals surface area contributed by atoms with E-state index in [4.69, 9.17) is 0 Å². The fourth-order valence-corrected chi connectivity index (χ4v) is 8.43. The van der Waals surface area contributed by atoms with Gasteiger partial charge in [-0.2, -0.15) is 0 Å². The predicted octanol–water partition coefficient (Wildman–Crippen LogP) is 15.4. The lowest BCUT2D eigenvalue weighted by Crippen LogP contribution is -2.49. The van der Waals surface area contributed by atoms with Crippen molar-refractivity contribution in [2.45, 2.75) is 315 Å². The van der Waals surface area contributed by atoms with Gasteiger partial charge in [-0.3, -0.25) is 4.79 Å². The predicted molar refractivity (Wildman–Crippen MR) is 246 cm³/mol. The molecule has 4 N–H and O–H groups in total. The van der Waals surface area contributed by atoms with E-state index in [0.29, 0.717) is 12.8 Å². The first-order chi connectivity index (χ1) is 27.6. The molecule has 0 spiro atoms. The molecule has 3 unspecified atom stereocenters. The summed E-state index contributed by atoms with van der Waals surface area (Å²) in [6, 6.07) is -0.706. The molecule has 0 saturated heterocycles. The number of amides is 1. The number of rotatable bonds is 48. The maximum Gasteiger partial charge on any atom is 0.249 e. The highest BCUT2D eigenvalue weighted by Crippen LogP contribution is 2.18. The first-order valence-corrected chi connectivity index (χ1v) is 25.8. The number of nitrogens with one attached hydrogen (secondary N) is 1. The van der Waals surface area contributed by atoms with Gasteiger partial charge in [0.25, 0.3) is 0 Å². The maximum absolute atomic E-state index is 12.5. The molecule has 56 heavy (non-hydrogen) atoms. The summed E-state index contributed by atoms with van der Waals surface area (Å²) in [5.74, 6) is -0.463. The lowest BCUT2D eigenvalue weighted by Gasteiger charge is -2.23. The molecular formula is C51H103NO4. The highest BCUT2D eigenvalue weighted by Gasteiger charge is 2.23. The summed E-state index contributed by atoms with van der Waals surface area (Å²) in [4.78, 5) is 12.5. The molecular weight excluding hydrogens is 691 g/mol. The van der Waals surface area contributed by atoms with Crippen LogP contribution < -0.4 is 5.32 Å². The van der Waals surface area contributed by atoms with E-state index < -0.39 is 24.2 Å². The molecule has 0 radical (unpaired) electrons. The van der Waals surface area contributed by atoms with Gasteiger partial charge < -0.3 is 20.6 Å². The third-order valence-electron chi connectivity index (χ3n) is 12.5. The number of carbonyl (C=O) groups is 1. The van der Waals surface area contributed by atoms with Gasteiger partial charge in [-0.25, -0.2) is 0 Å². The standard InChI is InChI=1S/C51H103NO4/c1-3-5-7-9-11-13-15-17-19-21-23-24-25-26-27-28-30-31-33-35-37-39-41-43-45-49(54)48(47-53)52-51(56)50(55)46-44-42-40-38-36-34-32-29-22-20-18-16-14-12-10-8-6-4-2/h48-50,53-55H,3-47H2,1-2H3,(H,52,56). The molecule has 0 saturated carbocycles. The van der Waals surface area contributed by atoms with Gasteiger partial charge in [0.1, 0.15) is 6.10 Å². The normalized spacial score (nSPS) is 13.3. The molecule has 0 aliphatic rings. The molecule has 0 aromatic rings. The van der Waals surface area contributed by atoms with Crippen molar-refractivity contribution in [3.05, 3.63) is 0 Å². The van der Waals surface area contributed by atoms with Gasteiger partial charge >= 0.3 is 0 Å². The second kappa shape index (κ2) is 47.0. The van der Waals surface area contributed by atoms with Crippen LogP contribution in [0.1, 0.15) is 296 Å². The maximum atomic E-state index is 12.5. The lowest BCUT2D eigenvalue weighted by molar-refractivity contribution is -0.131. The van der Waals surface area contributed by atoms with Crippen LogP contribution in [0.3, 0.4) is 0 Å². The van der Waals surface area contributed by atoms with Crippen LogP contribution in [0.4, 0.5) is 0 Å². The lowest BCUT2D eigenvalue weighted by atomic mass is 10.0. The Kier molecular flexibility index (Phi) is 46.5. The molecule has 0 aromatic heterocycles. The highest BCUT2D eigenvalue weighted by molar-refractivity contribution is 5.80. The summed E-state index contributed by atoms with van der Waals surface area (Å²) in [6.45, 7) is 4.27. The molecule has 0 aromatic carbocycles. The minimum atomic E-state index is -1.07. The smallest absolute Gasteiger partial charge is 0.249 e.